The predicted octanol–water partition coefficient (Wildman–Crippen LogP) is 1.92. The van der Waals surface area contributed by atoms with Crippen molar-refractivity contribution in [3.8, 4) is 0 Å². The minimum absolute atomic E-state index is 0.0495. The van der Waals surface area contributed by atoms with Gasteiger partial charge in [-0.2, -0.15) is 0 Å². The predicted molar refractivity (Wildman–Crippen MR) is 82.5 cm³/mol. The van der Waals surface area contributed by atoms with Crippen LogP contribution in [0.5, 0.6) is 0 Å². The van der Waals surface area contributed by atoms with E-state index in [0.29, 0.717) is 21.4 Å². The summed E-state index contributed by atoms with van der Waals surface area (Å²) >= 11 is 0. The van der Waals surface area contributed by atoms with Crippen LogP contribution in [0.3, 0.4) is 0 Å². The lowest BCUT2D eigenvalue weighted by Crippen LogP contribution is -2.28. The number of fused-ring (bicyclic) bond motifs is 1. The van der Waals surface area contributed by atoms with Crippen LogP contribution in [0.2, 0.25) is 2.82 Å². The maximum Gasteiger partial charge on any atom is 0.407 e. The van der Waals surface area contributed by atoms with Gasteiger partial charge in [-0.05, 0) is 50.0 Å². The molecule has 2 N–H and O–H groups in total. The Labute approximate surface area is 139 Å². The third kappa shape index (κ3) is 3.19. The van der Waals surface area contributed by atoms with Crippen LogP contribution in [0, 0.1) is 0 Å². The second-order valence-corrected chi connectivity index (χ2v) is 4.66. The number of alkyl carbamates (subject to hydrolysis) is 1. The SMILES string of the molecule is [2H]N1C(=O)OC[C@]1([2H])C([2H])([2H])c1ccc2c(c1)c(CCN(C([2H])([2H])[2H])C([2H])([2H])[2H])cn2[2H]. The van der Waals surface area contributed by atoms with Crippen LogP contribution in [-0.4, -0.2) is 49.1 Å². The van der Waals surface area contributed by atoms with E-state index in [2.05, 4.69) is 4.74 Å². The molecule has 1 saturated heterocycles. The Hall–Kier alpha value is -2.01. The Balaban J connectivity index is 1.99. The van der Waals surface area contributed by atoms with Crippen molar-refractivity contribution in [3.05, 3.63) is 35.5 Å². The third-order valence-electron chi connectivity index (χ3n) is 3.15. The number of hydrogen-bond donors (Lipinski definition) is 2. The number of H-pyrrole nitrogens is 1. The van der Waals surface area contributed by atoms with Crippen LogP contribution >= 0.6 is 0 Å². The van der Waals surface area contributed by atoms with Gasteiger partial charge in [0.2, 0.25) is 0 Å². The molecule has 0 saturated carbocycles. The lowest BCUT2D eigenvalue weighted by atomic mass is 10.0. The van der Waals surface area contributed by atoms with Gasteiger partial charge in [0.25, 0.3) is 0 Å². The molecule has 0 radical (unpaired) electrons. The Morgan fingerprint density at radius 1 is 1.62 bits per heavy atom. The molecule has 0 spiro atoms. The number of cyclic esters (lactones) is 1. The summed E-state index contributed by atoms with van der Waals surface area (Å²) in [6.07, 6.45) is -2.35. The first kappa shape index (κ1) is 6.01. The van der Waals surface area contributed by atoms with Crippen molar-refractivity contribution in [2.24, 2.45) is 0 Å². The fraction of sp³-hybridized carbons (Fsp3) is 0.438. The smallest absolute Gasteiger partial charge is 0.407 e. The number of likely N-dealkylation sites (N-methyl/N-ethyl adjacent to an activating group) is 1. The van der Waals surface area contributed by atoms with Crippen LogP contribution in [-0.2, 0) is 17.5 Å². The molecule has 1 amide bonds. The van der Waals surface area contributed by atoms with Crippen LogP contribution in [0.4, 0.5) is 4.79 Å². The Morgan fingerprint density at radius 2 is 2.52 bits per heavy atom. The normalized spacial score (nSPS) is 31.8. The number of carbonyl (C=O) groups is 1. The average Bonchev–Trinajstić information content (AvgIpc) is 3.11. The summed E-state index contributed by atoms with van der Waals surface area (Å²) in [7, 11) is 0. The summed E-state index contributed by atoms with van der Waals surface area (Å²) < 4.78 is 90.5. The maximum absolute atomic E-state index is 11.6. The van der Waals surface area contributed by atoms with E-state index in [0.717, 1.165) is 4.98 Å². The van der Waals surface area contributed by atoms with Gasteiger partial charge in [-0.3, -0.25) is 0 Å². The van der Waals surface area contributed by atoms with E-state index in [1.165, 1.54) is 24.4 Å². The molecule has 0 aliphatic carbocycles. The van der Waals surface area contributed by atoms with Crippen LogP contribution in [0.1, 0.15) is 23.5 Å². The van der Waals surface area contributed by atoms with Gasteiger partial charge in [-0.25, -0.2) is 4.79 Å². The number of amides is 1. The lowest BCUT2D eigenvalue weighted by molar-refractivity contribution is 0.177. The van der Waals surface area contributed by atoms with E-state index in [-0.39, 0.29) is 23.8 Å². The summed E-state index contributed by atoms with van der Waals surface area (Å²) in [4.78, 5) is 12.9. The largest absolute Gasteiger partial charge is 0.447 e. The zero-order chi connectivity index (χ0) is 24.3. The van der Waals surface area contributed by atoms with Gasteiger partial charge in [-0.1, -0.05) is 6.07 Å². The first-order valence-corrected chi connectivity index (χ1v) is 6.37. The molecular weight excluding hydrogens is 266 g/mol. The second kappa shape index (κ2) is 5.77. The van der Waals surface area contributed by atoms with Gasteiger partial charge < -0.3 is 19.9 Å². The molecule has 1 aromatic heterocycles. The number of aromatic nitrogens is 1. The number of rotatable bonds is 5. The highest BCUT2D eigenvalue weighted by Gasteiger charge is 2.22. The minimum atomic E-state index is -2.86. The third-order valence-corrected chi connectivity index (χ3v) is 3.15. The van der Waals surface area contributed by atoms with Gasteiger partial charge in [0.15, 0.2) is 2.82 Å². The van der Waals surface area contributed by atoms with E-state index in [1.807, 2.05) is 0 Å². The van der Waals surface area contributed by atoms with Crippen molar-refractivity contribution < 1.29 is 24.7 Å². The molecule has 1 atom stereocenters. The van der Waals surface area contributed by atoms with Crippen LogP contribution in [0.15, 0.2) is 24.4 Å². The first-order valence-electron chi connectivity index (χ1n) is 11.8. The maximum atomic E-state index is 11.6. The lowest BCUT2D eigenvalue weighted by Gasteiger charge is -2.09. The highest BCUT2D eigenvalue weighted by atomic mass is 16.6. The summed E-state index contributed by atoms with van der Waals surface area (Å²) in [5.41, 5.74) is 0.715. The number of carbonyl (C=O) groups excluding carboxylic acids is 1. The molecule has 5 heteroatoms. The first-order chi connectivity index (χ1) is 14.5. The van der Waals surface area contributed by atoms with E-state index in [9.17, 15) is 4.79 Å². The van der Waals surface area contributed by atoms with E-state index < -0.39 is 39.0 Å². The van der Waals surface area contributed by atoms with Gasteiger partial charge in [0.05, 0.1) is 7.39 Å². The van der Waals surface area contributed by atoms with Crippen molar-refractivity contribution >= 4 is 17.0 Å². The quantitative estimate of drug-likeness (QED) is 0.887. The number of hydrogen-bond acceptors (Lipinski definition) is 3. The van der Waals surface area contributed by atoms with Crippen molar-refractivity contribution in [2.75, 3.05) is 27.1 Å². The number of benzene rings is 1. The van der Waals surface area contributed by atoms with Gasteiger partial charge in [0.1, 0.15) is 6.61 Å². The Morgan fingerprint density at radius 3 is 3.29 bits per heavy atom. The van der Waals surface area contributed by atoms with Crippen molar-refractivity contribution in [2.45, 2.75) is 18.8 Å². The van der Waals surface area contributed by atoms with Gasteiger partial charge >= 0.3 is 6.09 Å². The van der Waals surface area contributed by atoms with Crippen molar-refractivity contribution in [3.63, 3.8) is 0 Å². The van der Waals surface area contributed by atoms with E-state index in [4.69, 9.17) is 15.2 Å². The monoisotopic (exact) mass is 298 g/mol. The number of ether oxygens (including phenoxy) is 1. The number of nitrogens with zero attached hydrogens (tertiary/aromatic N) is 1. The molecule has 3 rings (SSSR count). The second-order valence-electron chi connectivity index (χ2n) is 4.66. The molecule has 5 nitrogen and oxygen atoms in total. The molecule has 1 aromatic carbocycles. The molecule has 1 aliphatic rings. The van der Waals surface area contributed by atoms with Crippen molar-refractivity contribution in [1.29, 1.82) is 0 Å². The molecule has 0 unspecified atom stereocenters. The molecule has 112 valence electrons. The molecule has 0 bridgehead atoms. The zero-order valence-corrected chi connectivity index (χ0v) is 11.1. The Kier molecular flexibility index (Phi) is 1.65. The van der Waals surface area contributed by atoms with Gasteiger partial charge in [-0.15, -0.1) is 0 Å². The summed E-state index contributed by atoms with van der Waals surface area (Å²) in [6, 6.07) is 1.78. The van der Waals surface area contributed by atoms with Crippen molar-refractivity contribution in [1.82, 2.24) is 15.2 Å². The average molecular weight is 298 g/mol. The van der Waals surface area contributed by atoms with E-state index >= 15 is 0 Å². The molecule has 1 fully saturated rings. The number of aromatic amines is 1. The molecule has 2 aromatic rings. The summed E-state index contributed by atoms with van der Waals surface area (Å²) in [5.74, 6) is 0. The topological polar surface area (TPSA) is 57.4 Å². The molecule has 2 heterocycles. The molecular formula is C16H21N3O2. The minimum Gasteiger partial charge on any atom is -0.447 e. The standard InChI is InChI=1S/C16H21N3O2/c1-19(2)6-5-12-9-17-15-4-3-11(8-14(12)15)7-13-10-21-16(20)18-13/h3-4,8-9,13,17H,5-7,10H2,1-2H3,(H,18,20)/t13-/m0/s1/i1D3,2D3,7D2,13D/hD2. The van der Waals surface area contributed by atoms with Crippen LogP contribution < -0.4 is 5.31 Å². The highest BCUT2D eigenvalue weighted by Crippen LogP contribution is 2.21. The molecule has 1 aliphatic heterocycles. The molecule has 21 heavy (non-hydrogen) atoms. The summed E-state index contributed by atoms with van der Waals surface area (Å²) in [6.45, 7) is -6.75. The van der Waals surface area contributed by atoms with Crippen LogP contribution in [0.25, 0.3) is 10.9 Å². The summed E-state index contributed by atoms with van der Waals surface area (Å²) in [5, 5.41) is 0.501. The number of nitrogens with one attached hydrogen (secondary N) is 2. The fourth-order valence-electron chi connectivity index (χ4n) is 2.17. The zero-order valence-electron chi connectivity index (χ0n) is 22.1. The highest BCUT2D eigenvalue weighted by molar-refractivity contribution is 5.84. The van der Waals surface area contributed by atoms with Gasteiger partial charge in [0, 0.05) is 34.6 Å². The Bertz CT molecular complexity index is 1020. The fourth-order valence-corrected chi connectivity index (χ4v) is 2.17. The van der Waals surface area contributed by atoms with E-state index in [1.54, 1.807) is 0 Å².